The van der Waals surface area contributed by atoms with Gasteiger partial charge in [0.05, 0.1) is 5.02 Å². The number of halogens is 10. The molecule has 0 aromatic heterocycles. The van der Waals surface area contributed by atoms with E-state index < -0.39 is 57.8 Å². The summed E-state index contributed by atoms with van der Waals surface area (Å²) >= 11 is 5.92. The summed E-state index contributed by atoms with van der Waals surface area (Å²) in [4.78, 5) is 0. The predicted molar refractivity (Wildman–Crippen MR) is 148 cm³/mol. The van der Waals surface area contributed by atoms with Crippen molar-refractivity contribution in [2.45, 2.75) is 38.7 Å². The van der Waals surface area contributed by atoms with Gasteiger partial charge < -0.3 is 9.47 Å². The number of benzene rings is 4. The van der Waals surface area contributed by atoms with E-state index in [9.17, 15) is 35.1 Å². The lowest BCUT2D eigenvalue weighted by molar-refractivity contribution is -0.276. The quantitative estimate of drug-likeness (QED) is 0.126. The summed E-state index contributed by atoms with van der Waals surface area (Å²) < 4.78 is 132. The highest BCUT2D eigenvalue weighted by atomic mass is 35.5. The summed E-state index contributed by atoms with van der Waals surface area (Å²) in [6, 6.07) is 13.0. The lowest BCUT2D eigenvalue weighted by Crippen LogP contribution is -2.24. The van der Waals surface area contributed by atoms with E-state index in [1.54, 1.807) is 6.07 Å². The summed E-state index contributed by atoms with van der Waals surface area (Å²) in [6.07, 6.45) is -3.27. The van der Waals surface area contributed by atoms with Gasteiger partial charge in [0.25, 0.3) is 0 Å². The van der Waals surface area contributed by atoms with Gasteiger partial charge in [0.15, 0.2) is 11.6 Å². The molecular weight excluding hydrogens is 623 g/mol. The normalized spacial score (nSPS) is 12.2. The molecule has 0 aliphatic rings. The number of alkyl halides is 5. The van der Waals surface area contributed by atoms with Crippen molar-refractivity contribution in [3.05, 3.63) is 118 Å². The van der Waals surface area contributed by atoms with Crippen LogP contribution in [0, 0.1) is 23.3 Å². The van der Waals surface area contributed by atoms with Crippen molar-refractivity contribution < 1.29 is 49.0 Å². The molecule has 4 aromatic carbocycles. The highest BCUT2D eigenvalue weighted by Gasteiger charge is 2.41. The number of rotatable bonds is 10. The van der Waals surface area contributed by atoms with E-state index in [2.05, 4.69) is 21.6 Å². The average Bonchev–Trinajstić information content (AvgIpc) is 2.92. The third kappa shape index (κ3) is 7.88. The van der Waals surface area contributed by atoms with Gasteiger partial charge in [-0.2, -0.15) is 8.78 Å². The van der Waals surface area contributed by atoms with E-state index in [-0.39, 0.29) is 23.3 Å². The molecule has 4 rings (SSSR count). The van der Waals surface area contributed by atoms with E-state index in [1.165, 1.54) is 12.1 Å². The molecule has 0 heterocycles. The Labute approximate surface area is 251 Å². The first kappa shape index (κ1) is 32.8. The van der Waals surface area contributed by atoms with Gasteiger partial charge in [-0.3, -0.25) is 0 Å². The second-order valence-corrected chi connectivity index (χ2v) is 9.91. The van der Waals surface area contributed by atoms with Gasteiger partial charge in [-0.05, 0) is 59.7 Å². The number of hydrogen-bond donors (Lipinski definition) is 0. The van der Waals surface area contributed by atoms with Crippen LogP contribution in [0.3, 0.4) is 0 Å². The predicted octanol–water partition coefficient (Wildman–Crippen LogP) is 11.2. The highest BCUT2D eigenvalue weighted by molar-refractivity contribution is 6.31. The fourth-order valence-electron chi connectivity index (χ4n) is 4.34. The molecule has 0 aliphatic heterocycles. The maximum Gasteiger partial charge on any atom is 0.573 e. The van der Waals surface area contributed by atoms with E-state index in [0.29, 0.717) is 17.2 Å². The van der Waals surface area contributed by atoms with Gasteiger partial charge in [0.1, 0.15) is 22.9 Å². The van der Waals surface area contributed by atoms with E-state index in [4.69, 9.17) is 11.6 Å². The van der Waals surface area contributed by atoms with Crippen molar-refractivity contribution >= 4 is 11.6 Å². The molecule has 2 nitrogen and oxygen atoms in total. The summed E-state index contributed by atoms with van der Waals surface area (Å²) in [7, 11) is 0. The van der Waals surface area contributed by atoms with Crippen LogP contribution >= 0.6 is 11.6 Å². The Morgan fingerprint density at radius 3 is 1.86 bits per heavy atom. The number of aryl methyl sites for hydroxylation is 1. The summed E-state index contributed by atoms with van der Waals surface area (Å²) in [5, 5.41) is -0.921. The molecule has 0 fully saturated rings. The summed E-state index contributed by atoms with van der Waals surface area (Å²) in [5.41, 5.74) is 0.414. The molecule has 232 valence electrons. The van der Waals surface area contributed by atoms with Crippen LogP contribution in [0.15, 0.2) is 78.9 Å². The first-order valence-corrected chi connectivity index (χ1v) is 13.4. The van der Waals surface area contributed by atoms with Crippen molar-refractivity contribution in [1.82, 2.24) is 0 Å². The molecule has 0 spiro atoms. The minimum atomic E-state index is -5.47. The zero-order valence-corrected chi connectivity index (χ0v) is 23.5. The fraction of sp³-hybridized carbons (Fsp3) is 0.188. The second kappa shape index (κ2) is 13.3. The molecule has 4 aromatic rings. The molecule has 0 unspecified atom stereocenters. The van der Waals surface area contributed by atoms with Crippen LogP contribution in [-0.4, -0.2) is 6.36 Å². The van der Waals surface area contributed by atoms with Gasteiger partial charge in [0.2, 0.25) is 5.75 Å². The molecule has 12 heteroatoms. The van der Waals surface area contributed by atoms with Gasteiger partial charge in [-0.25, -0.2) is 17.6 Å². The molecule has 0 N–H and O–H groups in total. The first-order chi connectivity index (χ1) is 20.7. The van der Waals surface area contributed by atoms with Crippen LogP contribution < -0.4 is 9.47 Å². The third-order valence-electron chi connectivity index (χ3n) is 6.34. The van der Waals surface area contributed by atoms with E-state index in [1.807, 2.05) is 31.2 Å². The third-order valence-corrected chi connectivity index (χ3v) is 6.64. The minimum absolute atomic E-state index is 0.00629. The SMILES string of the molecule is CCC=CCCc1ccc(-c2ccc(-c3cc(F)c(C(F)(F)Oc4cc(F)c(OC(F)(F)F)c(F)c4)c(Cl)c3)c(F)c2)cc1. The highest BCUT2D eigenvalue weighted by Crippen LogP contribution is 2.42. The van der Waals surface area contributed by atoms with Crippen LogP contribution in [-0.2, 0) is 12.5 Å². The van der Waals surface area contributed by atoms with Crippen LogP contribution in [0.4, 0.5) is 39.5 Å². The molecule has 0 radical (unpaired) electrons. The molecule has 0 aliphatic carbocycles. The number of ether oxygens (including phenoxy) is 2. The van der Waals surface area contributed by atoms with E-state index >= 15 is 4.39 Å². The Balaban J connectivity index is 1.56. The van der Waals surface area contributed by atoms with Crippen LogP contribution in [0.1, 0.15) is 30.9 Å². The van der Waals surface area contributed by atoms with Crippen molar-refractivity contribution in [2.75, 3.05) is 0 Å². The smallest absolute Gasteiger partial charge is 0.429 e. The summed E-state index contributed by atoms with van der Waals surface area (Å²) in [6.45, 7) is 2.05. The largest absolute Gasteiger partial charge is 0.573 e. The molecular formula is C32H22ClF9O2. The average molecular weight is 645 g/mol. The van der Waals surface area contributed by atoms with Crippen LogP contribution in [0.25, 0.3) is 22.3 Å². The van der Waals surface area contributed by atoms with Gasteiger partial charge >= 0.3 is 12.5 Å². The second-order valence-electron chi connectivity index (χ2n) is 9.51. The Morgan fingerprint density at radius 1 is 0.682 bits per heavy atom. The molecule has 0 bridgehead atoms. The lowest BCUT2D eigenvalue weighted by Gasteiger charge is -2.21. The van der Waals surface area contributed by atoms with Crippen molar-refractivity contribution in [3.8, 4) is 33.8 Å². The molecule has 0 atom stereocenters. The topological polar surface area (TPSA) is 18.5 Å². The molecule has 44 heavy (non-hydrogen) atoms. The van der Waals surface area contributed by atoms with E-state index in [0.717, 1.165) is 30.9 Å². The Kier molecular flexibility index (Phi) is 9.88. The van der Waals surface area contributed by atoms with Crippen LogP contribution in [0.5, 0.6) is 11.5 Å². The molecule has 0 saturated carbocycles. The van der Waals surface area contributed by atoms with Crippen molar-refractivity contribution in [3.63, 3.8) is 0 Å². The van der Waals surface area contributed by atoms with Crippen molar-refractivity contribution in [1.29, 1.82) is 0 Å². The monoisotopic (exact) mass is 644 g/mol. The molecule has 0 amide bonds. The number of allylic oxidation sites excluding steroid dienone is 2. The maximum absolute atomic E-state index is 15.1. The Hall–Kier alpha value is -4.12. The zero-order valence-electron chi connectivity index (χ0n) is 22.7. The lowest BCUT2D eigenvalue weighted by atomic mass is 9.97. The Morgan fingerprint density at radius 2 is 1.30 bits per heavy atom. The maximum atomic E-state index is 15.1. The van der Waals surface area contributed by atoms with Gasteiger partial charge in [-0.15, -0.1) is 13.2 Å². The van der Waals surface area contributed by atoms with Crippen molar-refractivity contribution in [2.24, 2.45) is 0 Å². The minimum Gasteiger partial charge on any atom is -0.429 e. The standard InChI is InChI=1S/C32H22ClF9O2/c1-2-3-4-5-6-18-7-9-19(10-8-18)20-11-12-23(25(34)14-20)21-13-24(33)29(26(35)15-21)31(38,39)43-22-16-27(36)30(28(37)17-22)44-32(40,41)42/h3-4,7-17H,2,5-6H2,1H3. The van der Waals surface area contributed by atoms with Gasteiger partial charge in [-0.1, -0.05) is 67.1 Å². The molecule has 0 saturated heterocycles. The fourth-order valence-corrected chi connectivity index (χ4v) is 4.66. The Bertz CT molecular complexity index is 1620. The number of hydrogen-bond acceptors (Lipinski definition) is 2. The van der Waals surface area contributed by atoms with Crippen LogP contribution in [0.2, 0.25) is 5.02 Å². The first-order valence-electron chi connectivity index (χ1n) is 13.0. The summed E-state index contributed by atoms with van der Waals surface area (Å²) in [5.74, 6) is -9.66. The zero-order chi connectivity index (χ0) is 32.2. The van der Waals surface area contributed by atoms with Gasteiger partial charge in [0, 0.05) is 17.7 Å².